The van der Waals surface area contributed by atoms with Crippen molar-refractivity contribution in [2.45, 2.75) is 6.54 Å². The Labute approximate surface area is 124 Å². The highest BCUT2D eigenvalue weighted by Crippen LogP contribution is 2.00. The number of benzene rings is 1. The minimum atomic E-state index is 0.470. The van der Waals surface area contributed by atoms with Crippen molar-refractivity contribution in [2.24, 2.45) is 4.99 Å². The lowest BCUT2D eigenvalue weighted by Crippen LogP contribution is -2.26. The Hall–Kier alpha value is -2.20. The monoisotopic (exact) mass is 283 g/mol. The second-order valence-electron chi connectivity index (χ2n) is 4.26. The second kappa shape index (κ2) is 7.40. The summed E-state index contributed by atoms with van der Waals surface area (Å²) in [6.07, 6.45) is 3.76. The van der Waals surface area contributed by atoms with Crippen molar-refractivity contribution in [3.05, 3.63) is 78.4 Å². The average molecular weight is 283 g/mol. The molecule has 0 fully saturated rings. The molecule has 4 heteroatoms. The minimum absolute atomic E-state index is 0.470. The first-order valence-electron chi connectivity index (χ1n) is 6.42. The van der Waals surface area contributed by atoms with Crippen LogP contribution in [0.25, 0.3) is 0 Å². The van der Waals surface area contributed by atoms with Crippen LogP contribution in [0.5, 0.6) is 0 Å². The largest absolute Gasteiger partial charge is 0.357 e. The molecule has 0 aliphatic rings. The van der Waals surface area contributed by atoms with E-state index in [4.69, 9.17) is 12.2 Å². The number of nitrogens with one attached hydrogen (secondary N) is 1. The van der Waals surface area contributed by atoms with Gasteiger partial charge in [-0.15, -0.1) is 6.58 Å². The molecule has 0 amide bonds. The average Bonchev–Trinajstić information content (AvgIpc) is 2.48. The molecule has 1 N–H and O–H groups in total. The van der Waals surface area contributed by atoms with Crippen LogP contribution >= 0.6 is 12.2 Å². The molecule has 0 aliphatic heterocycles. The van der Waals surface area contributed by atoms with Crippen LogP contribution in [0, 0.1) is 0 Å². The summed E-state index contributed by atoms with van der Waals surface area (Å²) in [6, 6.07) is 16.2. The Bertz CT molecular complexity index is 644. The van der Waals surface area contributed by atoms with Crippen LogP contribution in [0.3, 0.4) is 0 Å². The number of aromatic nitrogens is 1. The molecule has 0 aliphatic carbocycles. The van der Waals surface area contributed by atoms with E-state index in [0.717, 1.165) is 12.0 Å². The second-order valence-corrected chi connectivity index (χ2v) is 4.65. The highest BCUT2D eigenvalue weighted by Gasteiger charge is 1.96. The molecule has 1 aromatic heterocycles. The molecular weight excluding hydrogens is 266 g/mol. The number of hydrogen-bond acceptors (Lipinski definition) is 1. The Morgan fingerprint density at radius 3 is 2.70 bits per heavy atom. The Morgan fingerprint density at radius 1 is 1.20 bits per heavy atom. The van der Waals surface area contributed by atoms with Gasteiger partial charge in [0.1, 0.15) is 5.49 Å². The molecule has 0 radical (unpaired) electrons. The number of pyridine rings is 1. The van der Waals surface area contributed by atoms with Gasteiger partial charge in [-0.25, -0.2) is 4.99 Å². The number of rotatable bonds is 4. The van der Waals surface area contributed by atoms with Gasteiger partial charge in [0.15, 0.2) is 5.11 Å². The van der Waals surface area contributed by atoms with Crippen LogP contribution in [-0.2, 0) is 6.54 Å². The van der Waals surface area contributed by atoms with Crippen molar-refractivity contribution < 1.29 is 0 Å². The van der Waals surface area contributed by atoms with E-state index >= 15 is 0 Å². The third-order valence-electron chi connectivity index (χ3n) is 2.73. The number of thiocarbonyl (C=S) groups is 1. The lowest BCUT2D eigenvalue weighted by Gasteiger charge is -2.08. The van der Waals surface area contributed by atoms with Crippen molar-refractivity contribution in [1.29, 1.82) is 0 Å². The van der Waals surface area contributed by atoms with Crippen LogP contribution < -0.4 is 10.8 Å². The van der Waals surface area contributed by atoms with Crippen molar-refractivity contribution >= 4 is 17.3 Å². The van der Waals surface area contributed by atoms with Crippen LogP contribution in [0.2, 0.25) is 0 Å². The zero-order valence-corrected chi connectivity index (χ0v) is 12.0. The van der Waals surface area contributed by atoms with E-state index in [1.54, 1.807) is 6.08 Å². The first kappa shape index (κ1) is 14.2. The topological polar surface area (TPSA) is 29.3 Å². The van der Waals surface area contributed by atoms with Crippen molar-refractivity contribution in [1.82, 2.24) is 9.88 Å². The van der Waals surface area contributed by atoms with E-state index in [0.29, 0.717) is 11.7 Å². The van der Waals surface area contributed by atoms with Crippen LogP contribution in [0.4, 0.5) is 0 Å². The molecule has 1 aromatic carbocycles. The van der Waals surface area contributed by atoms with Crippen molar-refractivity contribution in [3.63, 3.8) is 0 Å². The van der Waals surface area contributed by atoms with Gasteiger partial charge in [0.2, 0.25) is 0 Å². The zero-order chi connectivity index (χ0) is 14.2. The molecule has 0 saturated carbocycles. The summed E-state index contributed by atoms with van der Waals surface area (Å²) in [5.74, 6) is 0. The molecule has 0 saturated heterocycles. The Morgan fingerprint density at radius 2 is 1.95 bits per heavy atom. The van der Waals surface area contributed by atoms with E-state index in [9.17, 15) is 0 Å². The van der Waals surface area contributed by atoms with E-state index in [1.165, 1.54) is 5.56 Å². The molecule has 20 heavy (non-hydrogen) atoms. The summed E-state index contributed by atoms with van der Waals surface area (Å²) in [5.41, 5.74) is 2.06. The molecule has 0 spiro atoms. The molecule has 2 aromatic rings. The van der Waals surface area contributed by atoms with Gasteiger partial charge in [0.25, 0.3) is 0 Å². The van der Waals surface area contributed by atoms with Gasteiger partial charge in [-0.2, -0.15) is 0 Å². The quantitative estimate of drug-likeness (QED) is 0.690. The highest BCUT2D eigenvalue weighted by atomic mass is 32.1. The smallest absolute Gasteiger partial charge is 0.194 e. The maximum atomic E-state index is 5.19. The highest BCUT2D eigenvalue weighted by molar-refractivity contribution is 7.80. The third kappa shape index (κ3) is 4.17. The molecule has 0 bridgehead atoms. The van der Waals surface area contributed by atoms with Gasteiger partial charge in [-0.3, -0.25) is 0 Å². The van der Waals surface area contributed by atoms with Gasteiger partial charge in [0.05, 0.1) is 0 Å². The fourth-order valence-corrected chi connectivity index (χ4v) is 1.96. The predicted octanol–water partition coefficient (Wildman–Crippen LogP) is 2.50. The summed E-state index contributed by atoms with van der Waals surface area (Å²) in [7, 11) is 0. The first-order chi connectivity index (χ1) is 9.79. The Kier molecular flexibility index (Phi) is 5.26. The third-order valence-corrected chi connectivity index (χ3v) is 2.96. The minimum Gasteiger partial charge on any atom is -0.357 e. The van der Waals surface area contributed by atoms with Crippen molar-refractivity contribution in [3.8, 4) is 0 Å². The summed E-state index contributed by atoms with van der Waals surface area (Å²) >= 11 is 5.19. The van der Waals surface area contributed by atoms with Gasteiger partial charge in [-0.05, 0) is 29.9 Å². The fourth-order valence-electron chi connectivity index (χ4n) is 1.79. The van der Waals surface area contributed by atoms with Crippen LogP contribution in [0.15, 0.2) is 72.4 Å². The number of nitrogens with zero attached hydrogens (tertiary/aromatic N) is 2. The van der Waals surface area contributed by atoms with Gasteiger partial charge in [0, 0.05) is 19.3 Å². The van der Waals surface area contributed by atoms with Crippen LogP contribution in [-0.4, -0.2) is 16.2 Å². The van der Waals surface area contributed by atoms with E-state index in [-0.39, 0.29) is 0 Å². The summed E-state index contributed by atoms with van der Waals surface area (Å²) < 4.78 is 2.07. The van der Waals surface area contributed by atoms with Crippen LogP contribution in [0.1, 0.15) is 5.56 Å². The van der Waals surface area contributed by atoms with Gasteiger partial charge in [-0.1, -0.05) is 42.5 Å². The van der Waals surface area contributed by atoms with Crippen molar-refractivity contribution in [2.75, 3.05) is 6.54 Å². The van der Waals surface area contributed by atoms with E-state index in [2.05, 4.69) is 33.6 Å². The summed E-state index contributed by atoms with van der Waals surface area (Å²) in [6.45, 7) is 5.03. The molecule has 0 atom stereocenters. The van der Waals surface area contributed by atoms with Gasteiger partial charge >= 0.3 is 0 Å². The zero-order valence-electron chi connectivity index (χ0n) is 11.2. The predicted molar refractivity (Wildman–Crippen MR) is 86.3 cm³/mol. The SMILES string of the molecule is C=CCNC(=S)/N=c1\ccccn1Cc1ccccc1. The Balaban J connectivity index is 2.24. The normalized spacial score (nSPS) is 11.1. The lowest BCUT2D eigenvalue weighted by molar-refractivity contribution is 0.744. The fraction of sp³-hybridized carbons (Fsp3) is 0.125. The van der Waals surface area contributed by atoms with E-state index < -0.39 is 0 Å². The molecule has 102 valence electrons. The molecular formula is C16H17N3S. The maximum absolute atomic E-state index is 5.19. The number of hydrogen-bond donors (Lipinski definition) is 1. The van der Waals surface area contributed by atoms with Gasteiger partial charge < -0.3 is 9.88 Å². The maximum Gasteiger partial charge on any atom is 0.194 e. The summed E-state index contributed by atoms with van der Waals surface area (Å²) in [5, 5.41) is 3.48. The molecule has 2 rings (SSSR count). The molecule has 0 unspecified atom stereocenters. The molecule has 3 nitrogen and oxygen atoms in total. The molecule has 1 heterocycles. The first-order valence-corrected chi connectivity index (χ1v) is 6.83. The van der Waals surface area contributed by atoms with E-state index in [1.807, 2.05) is 42.6 Å². The standard InChI is InChI=1S/C16H17N3S/c1-2-11-17-16(20)18-15-10-6-7-12-19(15)13-14-8-4-3-5-9-14/h2-10,12H,1,11,13H2,(H,17,20)/b18-15+. The summed E-state index contributed by atoms with van der Waals surface area (Å²) in [4.78, 5) is 4.43. The lowest BCUT2D eigenvalue weighted by atomic mass is 10.2.